The van der Waals surface area contributed by atoms with Crippen molar-refractivity contribution in [2.45, 2.75) is 38.3 Å². The Bertz CT molecular complexity index is 1050. The maximum atomic E-state index is 12.9. The van der Waals surface area contributed by atoms with Crippen molar-refractivity contribution in [3.05, 3.63) is 59.9 Å². The van der Waals surface area contributed by atoms with E-state index in [0.29, 0.717) is 18.8 Å². The normalized spacial score (nSPS) is 17.1. The Morgan fingerprint density at radius 1 is 1.22 bits per heavy atom. The van der Waals surface area contributed by atoms with Gasteiger partial charge in [0.15, 0.2) is 0 Å². The van der Waals surface area contributed by atoms with Gasteiger partial charge in [-0.25, -0.2) is 9.78 Å². The van der Waals surface area contributed by atoms with E-state index in [9.17, 15) is 9.59 Å². The minimum absolute atomic E-state index is 0.0385. The van der Waals surface area contributed by atoms with Gasteiger partial charge in [-0.15, -0.1) is 0 Å². The highest BCUT2D eigenvalue weighted by Crippen LogP contribution is 2.21. The molecule has 1 fully saturated rings. The van der Waals surface area contributed by atoms with Crippen LogP contribution in [0, 0.1) is 0 Å². The number of rotatable bonds is 6. The van der Waals surface area contributed by atoms with Gasteiger partial charge in [-0.3, -0.25) is 4.79 Å². The van der Waals surface area contributed by atoms with Gasteiger partial charge in [0.05, 0.1) is 24.2 Å². The highest BCUT2D eigenvalue weighted by Gasteiger charge is 2.25. The molecule has 2 heterocycles. The van der Waals surface area contributed by atoms with E-state index in [4.69, 9.17) is 9.72 Å². The molecule has 3 N–H and O–H groups in total. The Balaban J connectivity index is 1.50. The summed E-state index contributed by atoms with van der Waals surface area (Å²) in [5.74, 6) is 1.52. The molecule has 0 bridgehead atoms. The van der Waals surface area contributed by atoms with Crippen LogP contribution < -0.4 is 15.4 Å². The van der Waals surface area contributed by atoms with Gasteiger partial charge < -0.3 is 25.3 Å². The molecule has 3 amide bonds. The van der Waals surface area contributed by atoms with E-state index in [1.54, 1.807) is 18.9 Å². The first-order valence-electron chi connectivity index (χ1n) is 10.9. The number of fused-ring (bicyclic) bond motifs is 1. The molecule has 8 nitrogen and oxygen atoms in total. The number of imidazole rings is 1. The first kappa shape index (κ1) is 21.7. The molecular formula is C24H29N5O3. The van der Waals surface area contributed by atoms with E-state index >= 15 is 0 Å². The molecule has 0 spiro atoms. The van der Waals surface area contributed by atoms with Gasteiger partial charge >= 0.3 is 6.03 Å². The average Bonchev–Trinajstić information content (AvgIpc) is 3.23. The number of hydrogen-bond donors (Lipinski definition) is 3. The number of piperidine rings is 1. The lowest BCUT2D eigenvalue weighted by atomic mass is 10.0. The van der Waals surface area contributed by atoms with Crippen molar-refractivity contribution in [1.29, 1.82) is 0 Å². The smallest absolute Gasteiger partial charge is 0.315 e. The number of aromatic nitrogens is 2. The van der Waals surface area contributed by atoms with Crippen molar-refractivity contribution in [2.75, 3.05) is 20.2 Å². The van der Waals surface area contributed by atoms with Gasteiger partial charge in [0.25, 0.3) is 0 Å². The summed E-state index contributed by atoms with van der Waals surface area (Å²) in [6.45, 7) is 2.85. The third kappa shape index (κ3) is 5.19. The fraction of sp³-hybridized carbons (Fsp3) is 0.375. The summed E-state index contributed by atoms with van der Waals surface area (Å²) in [6, 6.07) is 14.9. The third-order valence-electron chi connectivity index (χ3n) is 5.84. The number of likely N-dealkylation sites (tertiary alicyclic amines) is 1. The van der Waals surface area contributed by atoms with E-state index in [2.05, 4.69) is 15.6 Å². The van der Waals surface area contributed by atoms with Gasteiger partial charge in [-0.2, -0.15) is 0 Å². The van der Waals surface area contributed by atoms with Crippen LogP contribution in [0.15, 0.2) is 48.5 Å². The second-order valence-corrected chi connectivity index (χ2v) is 8.17. The van der Waals surface area contributed by atoms with Gasteiger partial charge in [0, 0.05) is 26.1 Å². The molecule has 168 valence electrons. The summed E-state index contributed by atoms with van der Waals surface area (Å²) in [7, 11) is 1.64. The van der Waals surface area contributed by atoms with E-state index < -0.39 is 0 Å². The first-order chi connectivity index (χ1) is 15.5. The van der Waals surface area contributed by atoms with Crippen LogP contribution >= 0.6 is 0 Å². The molecule has 0 radical (unpaired) electrons. The summed E-state index contributed by atoms with van der Waals surface area (Å²) >= 11 is 0. The molecule has 1 aliphatic heterocycles. The molecule has 8 heteroatoms. The summed E-state index contributed by atoms with van der Waals surface area (Å²) in [4.78, 5) is 34.4. The number of amides is 3. The van der Waals surface area contributed by atoms with Crippen LogP contribution in [0.4, 0.5) is 4.79 Å². The predicted octanol–water partition coefficient (Wildman–Crippen LogP) is 3.17. The number of H-pyrrole nitrogens is 1. The molecule has 1 saturated heterocycles. The Labute approximate surface area is 187 Å². The number of carbonyl (C=O) groups is 2. The van der Waals surface area contributed by atoms with Crippen LogP contribution in [0.2, 0.25) is 0 Å². The van der Waals surface area contributed by atoms with Crippen LogP contribution in [-0.4, -0.2) is 53.0 Å². The van der Waals surface area contributed by atoms with Gasteiger partial charge in [-0.05, 0) is 49.1 Å². The zero-order chi connectivity index (χ0) is 22.5. The summed E-state index contributed by atoms with van der Waals surface area (Å²) in [6.07, 6.45) is 2.30. The summed E-state index contributed by atoms with van der Waals surface area (Å²) in [5, 5.41) is 6.12. The van der Waals surface area contributed by atoms with Gasteiger partial charge in [0.2, 0.25) is 5.91 Å². The van der Waals surface area contributed by atoms with Crippen LogP contribution in [0.1, 0.15) is 37.2 Å². The van der Waals surface area contributed by atoms with E-state index in [-0.39, 0.29) is 24.0 Å². The minimum atomic E-state index is -0.344. The Morgan fingerprint density at radius 3 is 2.72 bits per heavy atom. The topological polar surface area (TPSA) is 99.3 Å². The molecule has 3 aromatic rings. The Hall–Kier alpha value is -3.55. The SMILES string of the molecule is COc1ccc(C[C@@H](NC(=O)N[C@@H]2CCCN(C(C)=O)C2)c2nc3ccccc3[nH]2)cc1. The highest BCUT2D eigenvalue weighted by molar-refractivity contribution is 5.77. The molecule has 1 aromatic heterocycles. The Kier molecular flexibility index (Phi) is 6.58. The predicted molar refractivity (Wildman–Crippen MR) is 122 cm³/mol. The van der Waals surface area contributed by atoms with E-state index in [1.807, 2.05) is 48.5 Å². The third-order valence-corrected chi connectivity index (χ3v) is 5.84. The Morgan fingerprint density at radius 2 is 2.00 bits per heavy atom. The number of carbonyl (C=O) groups excluding carboxylic acids is 2. The second-order valence-electron chi connectivity index (χ2n) is 8.17. The quantitative estimate of drug-likeness (QED) is 0.554. The van der Waals surface area contributed by atoms with Crippen molar-refractivity contribution in [3.8, 4) is 5.75 Å². The van der Waals surface area contributed by atoms with Crippen molar-refractivity contribution in [1.82, 2.24) is 25.5 Å². The van der Waals surface area contributed by atoms with Crippen molar-refractivity contribution >= 4 is 23.0 Å². The van der Waals surface area contributed by atoms with Crippen LogP contribution in [0.25, 0.3) is 11.0 Å². The van der Waals surface area contributed by atoms with Gasteiger partial charge in [0.1, 0.15) is 11.6 Å². The molecule has 0 unspecified atom stereocenters. The fourth-order valence-electron chi connectivity index (χ4n) is 4.12. The monoisotopic (exact) mass is 435 g/mol. The number of ether oxygens (including phenoxy) is 1. The number of hydrogen-bond acceptors (Lipinski definition) is 4. The fourth-order valence-corrected chi connectivity index (χ4v) is 4.12. The number of nitrogens with zero attached hydrogens (tertiary/aromatic N) is 2. The van der Waals surface area contributed by atoms with Gasteiger partial charge in [-0.1, -0.05) is 24.3 Å². The molecule has 2 aromatic carbocycles. The van der Waals surface area contributed by atoms with E-state index in [1.165, 1.54) is 0 Å². The minimum Gasteiger partial charge on any atom is -0.497 e. The number of nitrogens with one attached hydrogen (secondary N) is 3. The molecule has 0 saturated carbocycles. The summed E-state index contributed by atoms with van der Waals surface area (Å²) < 4.78 is 5.25. The number of urea groups is 1. The summed E-state index contributed by atoms with van der Waals surface area (Å²) in [5.41, 5.74) is 2.83. The second kappa shape index (κ2) is 9.72. The lowest BCUT2D eigenvalue weighted by Crippen LogP contribution is -2.52. The molecule has 0 aliphatic carbocycles. The van der Waals surface area contributed by atoms with Crippen molar-refractivity contribution in [3.63, 3.8) is 0 Å². The average molecular weight is 436 g/mol. The first-order valence-corrected chi connectivity index (χ1v) is 10.9. The van der Waals surface area contributed by atoms with Crippen molar-refractivity contribution < 1.29 is 14.3 Å². The zero-order valence-electron chi connectivity index (χ0n) is 18.4. The maximum absolute atomic E-state index is 12.9. The van der Waals surface area contributed by atoms with Crippen LogP contribution in [0.5, 0.6) is 5.75 Å². The van der Waals surface area contributed by atoms with Crippen molar-refractivity contribution in [2.24, 2.45) is 0 Å². The number of methoxy groups -OCH3 is 1. The lowest BCUT2D eigenvalue weighted by molar-refractivity contribution is -0.130. The molecule has 2 atom stereocenters. The largest absolute Gasteiger partial charge is 0.497 e. The number of para-hydroxylation sites is 2. The maximum Gasteiger partial charge on any atom is 0.315 e. The highest BCUT2D eigenvalue weighted by atomic mass is 16.5. The standard InChI is InChI=1S/C24H29N5O3/c1-16(30)29-13-5-6-18(15-29)25-24(31)28-22(14-17-9-11-19(32-2)12-10-17)23-26-20-7-3-4-8-21(20)27-23/h3-4,7-12,18,22H,5-6,13-15H2,1-2H3,(H,26,27)(H2,25,28,31)/t18-,22-/m1/s1. The molecular weight excluding hydrogens is 406 g/mol. The van der Waals surface area contributed by atoms with E-state index in [0.717, 1.165) is 41.7 Å². The van der Waals surface area contributed by atoms with Crippen LogP contribution in [0.3, 0.4) is 0 Å². The molecule has 4 rings (SSSR count). The molecule has 32 heavy (non-hydrogen) atoms. The lowest BCUT2D eigenvalue weighted by Gasteiger charge is -2.32. The number of benzene rings is 2. The number of aromatic amines is 1. The van der Waals surface area contributed by atoms with Crippen LogP contribution in [-0.2, 0) is 11.2 Å². The zero-order valence-corrected chi connectivity index (χ0v) is 18.4. The molecule has 1 aliphatic rings.